The van der Waals surface area contributed by atoms with Crippen LogP contribution in [0.4, 0.5) is 5.69 Å². The van der Waals surface area contributed by atoms with Crippen LogP contribution in [-0.4, -0.2) is 22.2 Å². The van der Waals surface area contributed by atoms with Crippen LogP contribution in [0.25, 0.3) is 0 Å². The van der Waals surface area contributed by atoms with E-state index in [-0.39, 0.29) is 5.91 Å². The molecule has 1 heterocycles. The number of rotatable bonds is 4. The lowest BCUT2D eigenvalue weighted by atomic mass is 9.98. The molecule has 1 atom stereocenters. The smallest absolute Gasteiger partial charge is 0.273 e. The van der Waals surface area contributed by atoms with Crippen LogP contribution < -0.4 is 11.1 Å². The number of carbonyl (C=O) groups is 1. The van der Waals surface area contributed by atoms with E-state index in [9.17, 15) is 4.79 Å². The van der Waals surface area contributed by atoms with Gasteiger partial charge in [0, 0.05) is 19.8 Å². The zero-order chi connectivity index (χ0) is 12.3. The van der Waals surface area contributed by atoms with Crippen LogP contribution in [0, 0.1) is 11.8 Å². The fourth-order valence-corrected chi connectivity index (χ4v) is 1.26. The van der Waals surface area contributed by atoms with Gasteiger partial charge >= 0.3 is 0 Å². The van der Waals surface area contributed by atoms with Crippen molar-refractivity contribution in [3.05, 3.63) is 11.9 Å². The summed E-state index contributed by atoms with van der Waals surface area (Å²) in [6.07, 6.45) is 1.63. The van der Waals surface area contributed by atoms with Gasteiger partial charge in [-0.1, -0.05) is 20.8 Å². The predicted molar refractivity (Wildman–Crippen MR) is 64.0 cm³/mol. The molecule has 0 aromatic carbocycles. The van der Waals surface area contributed by atoms with Gasteiger partial charge in [0.05, 0.1) is 5.69 Å². The third-order valence-corrected chi connectivity index (χ3v) is 2.79. The molecule has 0 aliphatic rings. The van der Waals surface area contributed by atoms with E-state index in [0.717, 1.165) is 0 Å². The van der Waals surface area contributed by atoms with Crippen LogP contribution in [0.5, 0.6) is 0 Å². The van der Waals surface area contributed by atoms with Gasteiger partial charge in [0.15, 0.2) is 5.69 Å². The summed E-state index contributed by atoms with van der Waals surface area (Å²) in [6, 6.07) is 0. The first-order valence-corrected chi connectivity index (χ1v) is 5.49. The lowest BCUT2D eigenvalue weighted by molar-refractivity contribution is 0.0940. The fourth-order valence-electron chi connectivity index (χ4n) is 1.26. The number of aryl methyl sites for hydroxylation is 1. The van der Waals surface area contributed by atoms with Crippen molar-refractivity contribution >= 4 is 11.6 Å². The standard InChI is InChI=1S/C11H20N4O/c1-7(2)8(3)5-13-11(16)10-9(12)6-15(4)14-10/h6-8H,5,12H2,1-4H3,(H,13,16). The zero-order valence-electron chi connectivity index (χ0n) is 10.3. The quantitative estimate of drug-likeness (QED) is 0.802. The molecule has 1 amide bonds. The second-order valence-corrected chi connectivity index (χ2v) is 4.54. The van der Waals surface area contributed by atoms with Gasteiger partial charge in [-0.3, -0.25) is 9.48 Å². The number of nitrogens with zero attached hydrogens (tertiary/aromatic N) is 2. The largest absolute Gasteiger partial charge is 0.396 e. The Kier molecular flexibility index (Phi) is 3.93. The number of amides is 1. The first-order chi connectivity index (χ1) is 7.41. The second-order valence-electron chi connectivity index (χ2n) is 4.54. The van der Waals surface area contributed by atoms with Crippen molar-refractivity contribution in [3.8, 4) is 0 Å². The molecule has 0 radical (unpaired) electrons. The summed E-state index contributed by atoms with van der Waals surface area (Å²) in [5.74, 6) is 0.779. The topological polar surface area (TPSA) is 72.9 Å². The molecular weight excluding hydrogens is 204 g/mol. The van der Waals surface area contributed by atoms with E-state index in [1.165, 1.54) is 4.68 Å². The predicted octanol–water partition coefficient (Wildman–Crippen LogP) is 1.02. The van der Waals surface area contributed by atoms with Crippen LogP contribution in [-0.2, 0) is 7.05 Å². The summed E-state index contributed by atoms with van der Waals surface area (Å²) in [5.41, 5.74) is 6.38. The second kappa shape index (κ2) is 5.01. The van der Waals surface area contributed by atoms with Gasteiger partial charge in [-0.2, -0.15) is 5.10 Å². The van der Waals surface area contributed by atoms with E-state index >= 15 is 0 Å². The minimum absolute atomic E-state index is 0.203. The van der Waals surface area contributed by atoms with Gasteiger partial charge in [0.1, 0.15) is 0 Å². The SMILES string of the molecule is CC(C)C(C)CNC(=O)c1nn(C)cc1N. The Morgan fingerprint density at radius 2 is 2.19 bits per heavy atom. The lowest BCUT2D eigenvalue weighted by Crippen LogP contribution is -2.30. The highest BCUT2D eigenvalue weighted by atomic mass is 16.1. The molecule has 0 fully saturated rings. The molecule has 0 aliphatic carbocycles. The summed E-state index contributed by atoms with van der Waals surface area (Å²) in [6.45, 7) is 7.01. The number of anilines is 1. The molecule has 0 spiro atoms. The van der Waals surface area contributed by atoms with Gasteiger partial charge in [0.25, 0.3) is 5.91 Å². The molecule has 0 aliphatic heterocycles. The minimum Gasteiger partial charge on any atom is -0.396 e. The molecule has 90 valence electrons. The Morgan fingerprint density at radius 3 is 2.62 bits per heavy atom. The normalized spacial score (nSPS) is 12.8. The molecule has 1 aromatic rings. The lowest BCUT2D eigenvalue weighted by Gasteiger charge is -2.15. The molecule has 3 N–H and O–H groups in total. The van der Waals surface area contributed by atoms with Crippen LogP contribution in [0.2, 0.25) is 0 Å². The number of nitrogens with one attached hydrogen (secondary N) is 1. The van der Waals surface area contributed by atoms with Crippen molar-refractivity contribution in [2.24, 2.45) is 18.9 Å². The highest BCUT2D eigenvalue weighted by Gasteiger charge is 2.15. The Morgan fingerprint density at radius 1 is 1.56 bits per heavy atom. The molecule has 1 aromatic heterocycles. The molecule has 0 saturated heterocycles. The van der Waals surface area contributed by atoms with Gasteiger partial charge in [-0.25, -0.2) is 0 Å². The molecular formula is C11H20N4O. The van der Waals surface area contributed by atoms with Gasteiger partial charge in [-0.15, -0.1) is 0 Å². The number of hydrogen-bond acceptors (Lipinski definition) is 3. The van der Waals surface area contributed by atoms with Crippen LogP contribution >= 0.6 is 0 Å². The number of hydrogen-bond donors (Lipinski definition) is 2. The van der Waals surface area contributed by atoms with Gasteiger partial charge in [-0.05, 0) is 11.8 Å². The van der Waals surface area contributed by atoms with E-state index in [2.05, 4.69) is 31.2 Å². The van der Waals surface area contributed by atoms with E-state index in [1.807, 2.05) is 0 Å². The van der Waals surface area contributed by atoms with E-state index < -0.39 is 0 Å². The zero-order valence-corrected chi connectivity index (χ0v) is 10.3. The first kappa shape index (κ1) is 12.5. The molecule has 1 unspecified atom stereocenters. The Hall–Kier alpha value is -1.52. The Labute approximate surface area is 96.0 Å². The molecule has 5 nitrogen and oxygen atoms in total. The maximum atomic E-state index is 11.7. The van der Waals surface area contributed by atoms with Gasteiger partial charge in [0.2, 0.25) is 0 Å². The maximum absolute atomic E-state index is 11.7. The fraction of sp³-hybridized carbons (Fsp3) is 0.636. The van der Waals surface area contributed by atoms with Crippen LogP contribution in [0.3, 0.4) is 0 Å². The third-order valence-electron chi connectivity index (χ3n) is 2.79. The van der Waals surface area contributed by atoms with Crippen molar-refractivity contribution in [2.45, 2.75) is 20.8 Å². The van der Waals surface area contributed by atoms with E-state index in [4.69, 9.17) is 5.73 Å². The maximum Gasteiger partial charge on any atom is 0.273 e. The highest BCUT2D eigenvalue weighted by molar-refractivity contribution is 5.96. The van der Waals surface area contributed by atoms with Crippen molar-refractivity contribution in [2.75, 3.05) is 12.3 Å². The van der Waals surface area contributed by atoms with Crippen LogP contribution in [0.15, 0.2) is 6.20 Å². The van der Waals surface area contributed by atoms with Crippen molar-refractivity contribution < 1.29 is 4.79 Å². The Bertz CT molecular complexity index is 370. The average molecular weight is 224 g/mol. The monoisotopic (exact) mass is 224 g/mol. The summed E-state index contributed by atoms with van der Waals surface area (Å²) in [5, 5.41) is 6.85. The summed E-state index contributed by atoms with van der Waals surface area (Å²) >= 11 is 0. The van der Waals surface area contributed by atoms with Crippen molar-refractivity contribution in [3.63, 3.8) is 0 Å². The summed E-state index contributed by atoms with van der Waals surface area (Å²) in [7, 11) is 1.74. The average Bonchev–Trinajstić information content (AvgIpc) is 2.53. The first-order valence-electron chi connectivity index (χ1n) is 5.49. The minimum atomic E-state index is -0.203. The number of nitrogens with two attached hydrogens (primary N) is 1. The number of nitrogen functional groups attached to an aromatic ring is 1. The highest BCUT2D eigenvalue weighted by Crippen LogP contribution is 2.10. The van der Waals surface area contributed by atoms with E-state index in [1.54, 1.807) is 13.2 Å². The molecule has 5 heteroatoms. The molecule has 1 rings (SSSR count). The Balaban J connectivity index is 2.56. The molecule has 16 heavy (non-hydrogen) atoms. The van der Waals surface area contributed by atoms with Gasteiger partial charge < -0.3 is 11.1 Å². The number of carbonyl (C=O) groups excluding carboxylic acids is 1. The van der Waals surface area contributed by atoms with Crippen LogP contribution in [0.1, 0.15) is 31.3 Å². The van der Waals surface area contributed by atoms with Crippen molar-refractivity contribution in [1.82, 2.24) is 15.1 Å². The van der Waals surface area contributed by atoms with Crippen molar-refractivity contribution in [1.29, 1.82) is 0 Å². The molecule has 0 bridgehead atoms. The molecule has 0 saturated carbocycles. The third kappa shape index (κ3) is 2.98. The summed E-state index contributed by atoms with van der Waals surface area (Å²) < 4.78 is 1.54. The number of aromatic nitrogens is 2. The summed E-state index contributed by atoms with van der Waals surface area (Å²) in [4.78, 5) is 11.7. The van der Waals surface area contributed by atoms with E-state index in [0.29, 0.717) is 29.8 Å².